The zero-order chi connectivity index (χ0) is 25.5. The Bertz CT molecular complexity index is 1160. The van der Waals surface area contributed by atoms with Gasteiger partial charge in [-0.25, -0.2) is 9.59 Å². The maximum Gasteiger partial charge on any atom is 0.347 e. The second kappa shape index (κ2) is 11.8. The molecule has 3 aromatic rings. The van der Waals surface area contributed by atoms with E-state index in [9.17, 15) is 9.59 Å². The number of rotatable bonds is 11. The summed E-state index contributed by atoms with van der Waals surface area (Å²) >= 11 is 0. The van der Waals surface area contributed by atoms with Crippen molar-refractivity contribution in [3.8, 4) is 17.2 Å². The molecular formula is C28H35NO6. The number of fused-ring (bicyclic) bond motifs is 1. The van der Waals surface area contributed by atoms with E-state index in [2.05, 4.69) is 6.92 Å². The molecule has 7 nitrogen and oxygen atoms in total. The fourth-order valence-electron chi connectivity index (χ4n) is 3.83. The second-order valence-electron chi connectivity index (χ2n) is 8.53. The first-order valence-corrected chi connectivity index (χ1v) is 12.2. The summed E-state index contributed by atoms with van der Waals surface area (Å²) in [5.41, 5.74) is 2.94. The minimum Gasteiger partial charge on any atom is -0.494 e. The maximum absolute atomic E-state index is 12.9. The van der Waals surface area contributed by atoms with Gasteiger partial charge in [0.05, 0.1) is 30.9 Å². The highest BCUT2D eigenvalue weighted by Crippen LogP contribution is 2.33. The van der Waals surface area contributed by atoms with Crippen molar-refractivity contribution in [3.63, 3.8) is 0 Å². The summed E-state index contributed by atoms with van der Waals surface area (Å²) in [5, 5.41) is 0.688. The van der Waals surface area contributed by atoms with Gasteiger partial charge in [0.15, 0.2) is 6.10 Å². The number of hydrogen-bond acceptors (Lipinski definition) is 6. The fraction of sp³-hybridized carbons (Fsp3) is 0.429. The van der Waals surface area contributed by atoms with Crippen molar-refractivity contribution in [2.75, 3.05) is 19.8 Å². The molecule has 0 aliphatic carbocycles. The average molecular weight is 482 g/mol. The molecule has 7 heteroatoms. The number of aromatic nitrogens is 1. The molecule has 3 rings (SSSR count). The van der Waals surface area contributed by atoms with Crippen molar-refractivity contribution in [3.05, 3.63) is 53.7 Å². The third-order valence-corrected chi connectivity index (χ3v) is 5.91. The molecule has 0 spiro atoms. The molecule has 2 unspecified atom stereocenters. The van der Waals surface area contributed by atoms with Crippen molar-refractivity contribution in [2.24, 2.45) is 5.92 Å². The molecule has 2 aromatic carbocycles. The van der Waals surface area contributed by atoms with Crippen molar-refractivity contribution in [2.45, 2.75) is 54.1 Å². The first kappa shape index (κ1) is 26.1. The topological polar surface area (TPSA) is 76.0 Å². The van der Waals surface area contributed by atoms with Gasteiger partial charge in [0.25, 0.3) is 0 Å². The van der Waals surface area contributed by atoms with Gasteiger partial charge in [-0.05, 0) is 76.1 Å². The number of hydrogen-bond donors (Lipinski definition) is 0. The Labute approximate surface area is 206 Å². The van der Waals surface area contributed by atoms with Gasteiger partial charge in [-0.3, -0.25) is 0 Å². The van der Waals surface area contributed by atoms with Crippen LogP contribution in [0.2, 0.25) is 0 Å². The number of benzene rings is 2. The number of esters is 2. The third-order valence-electron chi connectivity index (χ3n) is 5.91. The van der Waals surface area contributed by atoms with Gasteiger partial charge in [-0.1, -0.05) is 20.3 Å². The average Bonchev–Trinajstić information content (AvgIpc) is 3.14. The summed E-state index contributed by atoms with van der Waals surface area (Å²) in [5.74, 6) is 0.720. The van der Waals surface area contributed by atoms with E-state index in [1.165, 1.54) is 0 Å². The van der Waals surface area contributed by atoms with Crippen LogP contribution in [0.5, 0.6) is 11.5 Å². The van der Waals surface area contributed by atoms with Crippen LogP contribution in [-0.4, -0.2) is 42.4 Å². The summed E-state index contributed by atoms with van der Waals surface area (Å²) < 4.78 is 24.2. The molecule has 35 heavy (non-hydrogen) atoms. The summed E-state index contributed by atoms with van der Waals surface area (Å²) in [6, 6.07) is 13.2. The normalized spacial score (nSPS) is 12.7. The van der Waals surface area contributed by atoms with Crippen molar-refractivity contribution < 1.29 is 28.5 Å². The molecule has 0 saturated carbocycles. The molecule has 0 fully saturated rings. The summed E-state index contributed by atoms with van der Waals surface area (Å²) in [6.07, 6.45) is 0.150. The third kappa shape index (κ3) is 5.96. The minimum atomic E-state index is -0.781. The Balaban J connectivity index is 1.98. The first-order valence-electron chi connectivity index (χ1n) is 12.2. The quantitative estimate of drug-likeness (QED) is 0.319. The molecule has 0 N–H and O–H groups in total. The van der Waals surface area contributed by atoms with E-state index in [1.54, 1.807) is 26.0 Å². The Kier molecular flexibility index (Phi) is 8.79. The van der Waals surface area contributed by atoms with E-state index in [-0.39, 0.29) is 6.61 Å². The first-order chi connectivity index (χ1) is 16.8. The molecule has 188 valence electrons. The zero-order valence-corrected chi connectivity index (χ0v) is 21.4. The molecular weight excluding hydrogens is 446 g/mol. The Morgan fingerprint density at radius 2 is 1.60 bits per heavy atom. The Hall–Kier alpha value is -3.48. The number of carbonyl (C=O) groups excluding carboxylic acids is 2. The van der Waals surface area contributed by atoms with Crippen LogP contribution < -0.4 is 9.47 Å². The monoisotopic (exact) mass is 481 g/mol. The van der Waals surface area contributed by atoms with Crippen LogP contribution in [0, 0.1) is 12.8 Å². The van der Waals surface area contributed by atoms with Crippen LogP contribution in [0.25, 0.3) is 16.6 Å². The van der Waals surface area contributed by atoms with Crippen LogP contribution >= 0.6 is 0 Å². The number of nitrogens with zero attached hydrogens (tertiary/aromatic N) is 1. The lowest BCUT2D eigenvalue weighted by atomic mass is 10.1. The second-order valence-corrected chi connectivity index (χ2v) is 8.53. The van der Waals surface area contributed by atoms with Gasteiger partial charge in [0.2, 0.25) is 0 Å². The van der Waals surface area contributed by atoms with Crippen LogP contribution in [0.15, 0.2) is 42.5 Å². The molecule has 0 aliphatic heterocycles. The Morgan fingerprint density at radius 3 is 2.23 bits per heavy atom. The summed E-state index contributed by atoms with van der Waals surface area (Å²) in [6.45, 7) is 12.6. The summed E-state index contributed by atoms with van der Waals surface area (Å²) in [4.78, 5) is 25.3. The van der Waals surface area contributed by atoms with Crippen LogP contribution in [-0.2, 0) is 14.3 Å². The minimum absolute atomic E-state index is 0.267. The number of ether oxygens (including phenoxy) is 4. The Morgan fingerprint density at radius 1 is 0.914 bits per heavy atom. The van der Waals surface area contributed by atoms with Crippen LogP contribution in [0.3, 0.4) is 0 Å². The van der Waals surface area contributed by atoms with Gasteiger partial charge in [-0.15, -0.1) is 0 Å². The molecule has 1 aromatic heterocycles. The smallest absolute Gasteiger partial charge is 0.347 e. The van der Waals surface area contributed by atoms with E-state index in [0.717, 1.165) is 29.1 Å². The molecule has 0 amide bonds. The highest BCUT2D eigenvalue weighted by Gasteiger charge is 2.24. The van der Waals surface area contributed by atoms with Gasteiger partial charge in [-0.2, -0.15) is 0 Å². The maximum atomic E-state index is 12.9. The van der Waals surface area contributed by atoms with Crippen LogP contribution in [0.1, 0.15) is 57.1 Å². The number of carbonyl (C=O) groups is 2. The lowest BCUT2D eigenvalue weighted by Gasteiger charge is -2.16. The molecule has 1 heterocycles. The fourth-order valence-corrected chi connectivity index (χ4v) is 3.83. The van der Waals surface area contributed by atoms with Gasteiger partial charge < -0.3 is 23.5 Å². The van der Waals surface area contributed by atoms with E-state index >= 15 is 0 Å². The van der Waals surface area contributed by atoms with Gasteiger partial charge >= 0.3 is 11.9 Å². The highest BCUT2D eigenvalue weighted by molar-refractivity contribution is 6.07. The predicted octanol–water partition coefficient (Wildman–Crippen LogP) is 5.87. The molecule has 2 atom stereocenters. The molecule has 0 bridgehead atoms. The van der Waals surface area contributed by atoms with Crippen molar-refractivity contribution in [1.82, 2.24) is 4.57 Å². The molecule has 0 aliphatic rings. The SMILES string of the molecule is CCOC(=O)c1c(C)n(-c2ccc(OCC)cc2)c2ccc(OC(C)C(=O)OCC(C)CC)cc12. The zero-order valence-electron chi connectivity index (χ0n) is 21.4. The van der Waals surface area contributed by atoms with E-state index < -0.39 is 18.0 Å². The highest BCUT2D eigenvalue weighted by atomic mass is 16.6. The van der Waals surface area contributed by atoms with Gasteiger partial charge in [0, 0.05) is 16.8 Å². The predicted molar refractivity (Wildman–Crippen MR) is 136 cm³/mol. The van der Waals surface area contributed by atoms with Crippen molar-refractivity contribution in [1.29, 1.82) is 0 Å². The molecule has 0 radical (unpaired) electrons. The molecule has 0 saturated heterocycles. The van der Waals surface area contributed by atoms with E-state index in [4.69, 9.17) is 18.9 Å². The lowest BCUT2D eigenvalue weighted by Crippen LogP contribution is -2.27. The largest absolute Gasteiger partial charge is 0.494 e. The lowest BCUT2D eigenvalue weighted by molar-refractivity contribution is -0.152. The van der Waals surface area contributed by atoms with Crippen LogP contribution in [0.4, 0.5) is 0 Å². The van der Waals surface area contributed by atoms with Crippen molar-refractivity contribution >= 4 is 22.8 Å². The van der Waals surface area contributed by atoms with E-state index in [0.29, 0.717) is 35.8 Å². The van der Waals surface area contributed by atoms with E-state index in [1.807, 2.05) is 55.7 Å². The summed E-state index contributed by atoms with van der Waals surface area (Å²) in [7, 11) is 0. The van der Waals surface area contributed by atoms with Gasteiger partial charge in [0.1, 0.15) is 11.5 Å². The standard InChI is InChI=1S/C28H35NO6/c1-7-18(4)17-34-27(30)20(6)35-23-14-15-25-24(16-23)26(28(31)33-9-3)19(5)29(25)21-10-12-22(13-11-21)32-8-2/h10-16,18,20H,7-9,17H2,1-6H3.